The fourth-order valence-electron chi connectivity index (χ4n) is 12.4. The summed E-state index contributed by atoms with van der Waals surface area (Å²) in [7, 11) is 0. The van der Waals surface area contributed by atoms with Gasteiger partial charge in [0.25, 0.3) is 0 Å². The van der Waals surface area contributed by atoms with Crippen LogP contribution in [0, 0.1) is 0 Å². The Labute approximate surface area is 409 Å². The predicted octanol–water partition coefficient (Wildman–Crippen LogP) is 17.2. The van der Waals surface area contributed by atoms with E-state index in [1.165, 1.54) is 122 Å². The lowest BCUT2D eigenvalue weighted by Crippen LogP contribution is -2.31. The van der Waals surface area contributed by atoms with Crippen molar-refractivity contribution >= 4 is 21.8 Å². The third-order valence-electron chi connectivity index (χ3n) is 15.5. The summed E-state index contributed by atoms with van der Waals surface area (Å²) in [6, 6.07) is 99.3. The molecule has 2 aliphatic carbocycles. The zero-order valence-corrected chi connectivity index (χ0v) is 38.6. The molecule has 11 aromatic carbocycles. The molecule has 70 heavy (non-hydrogen) atoms. The predicted molar refractivity (Wildman–Crippen MR) is 291 cm³/mol. The maximum absolute atomic E-state index is 2.50. The van der Waals surface area contributed by atoms with Gasteiger partial charge in [0.05, 0.1) is 16.4 Å². The normalized spacial score (nSPS) is 13.5. The second-order valence-electron chi connectivity index (χ2n) is 19.1. The number of hydrogen-bond donors (Lipinski definition) is 0. The number of hydrogen-bond acceptors (Lipinski definition) is 0. The first-order valence-electron chi connectivity index (χ1n) is 24.6. The first-order chi connectivity index (χ1) is 34.7. The van der Waals surface area contributed by atoms with Gasteiger partial charge in [-0.3, -0.25) is 0 Å². The molecule has 1 heterocycles. The van der Waals surface area contributed by atoms with Gasteiger partial charge in [-0.2, -0.15) is 0 Å². The van der Waals surface area contributed by atoms with E-state index in [-0.39, 0.29) is 5.92 Å². The molecule has 2 aliphatic rings. The summed E-state index contributed by atoms with van der Waals surface area (Å²) in [4.78, 5) is 0. The van der Waals surface area contributed by atoms with Gasteiger partial charge in [0.1, 0.15) is 0 Å². The van der Waals surface area contributed by atoms with Crippen molar-refractivity contribution in [3.63, 3.8) is 0 Å². The van der Waals surface area contributed by atoms with Crippen molar-refractivity contribution in [2.24, 2.45) is 0 Å². The Morgan fingerprint density at radius 3 is 1.61 bits per heavy atom. The molecule has 1 heteroatoms. The molecule has 328 valence electrons. The van der Waals surface area contributed by atoms with E-state index in [0.717, 1.165) is 6.42 Å². The van der Waals surface area contributed by atoms with Crippen LogP contribution in [0.3, 0.4) is 0 Å². The molecule has 1 nitrogen and oxygen atoms in total. The van der Waals surface area contributed by atoms with Gasteiger partial charge in [-0.05, 0) is 131 Å². The smallest absolute Gasteiger partial charge is 0.0701 e. The number of rotatable bonds is 8. The van der Waals surface area contributed by atoms with Crippen molar-refractivity contribution in [2.75, 3.05) is 0 Å². The van der Waals surface area contributed by atoms with Crippen molar-refractivity contribution in [3.8, 4) is 50.2 Å². The Balaban J connectivity index is 0.842. The van der Waals surface area contributed by atoms with Crippen LogP contribution < -0.4 is 0 Å². The minimum Gasteiger partial charge on any atom is -0.309 e. The fourth-order valence-corrected chi connectivity index (χ4v) is 12.4. The Morgan fingerprint density at radius 1 is 0.343 bits per heavy atom. The Morgan fingerprint density at radius 2 is 0.900 bits per heavy atom. The molecule has 1 unspecified atom stereocenters. The van der Waals surface area contributed by atoms with Gasteiger partial charge in [0.2, 0.25) is 0 Å². The average Bonchev–Trinajstić information content (AvgIpc) is 4.10. The van der Waals surface area contributed by atoms with Gasteiger partial charge in [0, 0.05) is 28.8 Å². The molecule has 0 amide bonds. The highest BCUT2D eigenvalue weighted by Crippen LogP contribution is 2.51. The zero-order valence-electron chi connectivity index (χ0n) is 38.6. The summed E-state index contributed by atoms with van der Waals surface area (Å²) in [5, 5.41) is 2.59. The van der Waals surface area contributed by atoms with E-state index < -0.39 is 5.41 Å². The van der Waals surface area contributed by atoms with Gasteiger partial charge < -0.3 is 4.57 Å². The number of fused-ring (bicyclic) bond motifs is 10. The van der Waals surface area contributed by atoms with Gasteiger partial charge in [-0.1, -0.05) is 231 Å². The third-order valence-corrected chi connectivity index (χ3v) is 15.5. The van der Waals surface area contributed by atoms with Gasteiger partial charge >= 0.3 is 0 Å². The molecule has 0 saturated heterocycles. The van der Waals surface area contributed by atoms with Gasteiger partial charge in [-0.25, -0.2) is 0 Å². The maximum atomic E-state index is 2.50. The highest BCUT2D eigenvalue weighted by atomic mass is 15.0. The molecule has 12 aromatic rings. The molecule has 14 rings (SSSR count). The van der Waals surface area contributed by atoms with E-state index >= 15 is 0 Å². The summed E-state index contributed by atoms with van der Waals surface area (Å²) in [5.74, 6) is 0.139. The minimum absolute atomic E-state index is 0.139. The lowest BCUT2D eigenvalue weighted by atomic mass is 9.65. The van der Waals surface area contributed by atoms with Crippen molar-refractivity contribution < 1.29 is 0 Å². The number of para-hydroxylation sites is 1. The largest absolute Gasteiger partial charge is 0.309 e. The molecule has 0 aliphatic heterocycles. The molecule has 1 aromatic heterocycles. The van der Waals surface area contributed by atoms with Crippen LogP contribution in [0.5, 0.6) is 0 Å². The number of benzene rings is 11. The summed E-state index contributed by atoms with van der Waals surface area (Å²) in [5.41, 5.74) is 25.3. The summed E-state index contributed by atoms with van der Waals surface area (Å²) >= 11 is 0. The second-order valence-corrected chi connectivity index (χ2v) is 19.1. The number of nitrogens with zero attached hydrogens (tertiary/aromatic N) is 1. The van der Waals surface area contributed by atoms with Crippen molar-refractivity contribution in [2.45, 2.75) is 17.8 Å². The molecule has 0 spiro atoms. The first-order valence-corrected chi connectivity index (χ1v) is 24.6. The van der Waals surface area contributed by atoms with Crippen LogP contribution in [0.25, 0.3) is 72.0 Å². The van der Waals surface area contributed by atoms with Gasteiger partial charge in [0.15, 0.2) is 0 Å². The van der Waals surface area contributed by atoms with Crippen molar-refractivity contribution in [1.82, 2.24) is 4.57 Å². The fraction of sp³-hybridized carbons (Fsp3) is 0.0435. The molecule has 0 N–H and O–H groups in total. The third kappa shape index (κ3) is 6.18. The quantitative estimate of drug-likeness (QED) is 0.134. The van der Waals surface area contributed by atoms with E-state index in [9.17, 15) is 0 Å². The van der Waals surface area contributed by atoms with E-state index in [4.69, 9.17) is 0 Å². The van der Waals surface area contributed by atoms with Gasteiger partial charge in [-0.15, -0.1) is 0 Å². The molecule has 0 bridgehead atoms. The van der Waals surface area contributed by atoms with E-state index in [2.05, 4.69) is 271 Å². The Kier molecular flexibility index (Phi) is 9.32. The van der Waals surface area contributed by atoms with Crippen molar-refractivity contribution in [3.05, 3.63) is 317 Å². The first kappa shape index (κ1) is 40.3. The lowest BCUT2D eigenvalue weighted by molar-refractivity contribution is 0.745. The molecule has 1 atom stereocenters. The monoisotopic (exact) mass is 889 g/mol. The van der Waals surface area contributed by atoms with Crippen LogP contribution in [0.4, 0.5) is 0 Å². The molecular formula is C69H47N. The van der Waals surface area contributed by atoms with Crippen LogP contribution in [-0.4, -0.2) is 4.57 Å². The highest BCUT2D eigenvalue weighted by molar-refractivity contribution is 6.13. The molecule has 0 radical (unpaired) electrons. The summed E-state index contributed by atoms with van der Waals surface area (Å²) in [6.45, 7) is 0. The van der Waals surface area contributed by atoms with Crippen LogP contribution in [0.1, 0.15) is 56.0 Å². The highest BCUT2D eigenvalue weighted by Gasteiger charge is 2.38. The standard InChI is InChI=1S/C69H47N/c1-5-20-52(21-6-1)69(53-22-7-2-8-23-53,54-24-9-3-10-25-54)55-26-17-19-48(42-55)46-32-34-47(35-33-46)67-60-31-16-15-30-58(60)63-43-49(36-38-61(63)67)50-37-41-66-64(44-50)62-40-39-59-57-29-14-13-18-51(57)45-65(59)68(62)70(66)56-27-11-4-12-28-56/h1-44,67H,45H2. The van der Waals surface area contributed by atoms with Crippen LogP contribution in [0.2, 0.25) is 0 Å². The summed E-state index contributed by atoms with van der Waals surface area (Å²) in [6.07, 6.45) is 0.944. The molecule has 0 fully saturated rings. The van der Waals surface area contributed by atoms with Crippen molar-refractivity contribution in [1.29, 1.82) is 0 Å². The maximum Gasteiger partial charge on any atom is 0.0701 e. The van der Waals surface area contributed by atoms with E-state index in [1.807, 2.05) is 0 Å². The Hall–Kier alpha value is -8.78. The number of aromatic nitrogens is 1. The molecular weight excluding hydrogens is 843 g/mol. The lowest BCUT2D eigenvalue weighted by Gasteiger charge is -2.37. The topological polar surface area (TPSA) is 4.93 Å². The molecule has 0 saturated carbocycles. The van der Waals surface area contributed by atoms with E-state index in [0.29, 0.717) is 0 Å². The summed E-state index contributed by atoms with van der Waals surface area (Å²) < 4.78 is 2.50. The van der Waals surface area contributed by atoms with Crippen LogP contribution >= 0.6 is 0 Å². The SMILES string of the molecule is c1ccc(-n2c3ccc(-c4ccc5c(c4)-c4ccccc4C5c4ccc(-c5cccc(C(c6ccccc6)(c6ccccc6)c6ccccc6)c5)cc4)cc3c3ccc4c(c32)Cc2ccccc2-4)cc1. The van der Waals surface area contributed by atoms with Crippen LogP contribution in [-0.2, 0) is 11.8 Å². The van der Waals surface area contributed by atoms with Crippen LogP contribution in [0.15, 0.2) is 267 Å². The Bertz CT molecular complexity index is 3840. The minimum atomic E-state index is -0.504. The van der Waals surface area contributed by atoms with E-state index in [1.54, 1.807) is 0 Å². The average molecular weight is 890 g/mol. The zero-order chi connectivity index (χ0) is 46.2. The second kappa shape index (κ2) is 16.2.